The van der Waals surface area contributed by atoms with Crippen LogP contribution < -0.4 is 25.0 Å². The molecule has 7 heteroatoms. The molecule has 0 bridgehead atoms. The van der Waals surface area contributed by atoms with Gasteiger partial charge in [-0.05, 0) is 43.9 Å². The number of anilines is 2. The fourth-order valence-electron chi connectivity index (χ4n) is 4.47. The quantitative estimate of drug-likeness (QED) is 0.587. The van der Waals surface area contributed by atoms with Crippen molar-refractivity contribution in [1.29, 1.82) is 0 Å². The Hall–Kier alpha value is -3.06. The monoisotopic (exact) mass is 435 g/mol. The van der Waals surface area contributed by atoms with Gasteiger partial charge in [-0.15, -0.1) is 0 Å². The van der Waals surface area contributed by atoms with Gasteiger partial charge < -0.3 is 25.0 Å². The molecule has 2 aliphatic rings. The maximum atomic E-state index is 5.62. The van der Waals surface area contributed by atoms with Gasteiger partial charge in [0, 0.05) is 43.7 Å². The van der Waals surface area contributed by atoms with Crippen molar-refractivity contribution in [1.82, 2.24) is 15.3 Å². The van der Waals surface area contributed by atoms with Crippen molar-refractivity contribution in [2.45, 2.75) is 51.7 Å². The molecule has 32 heavy (non-hydrogen) atoms. The van der Waals surface area contributed by atoms with Gasteiger partial charge in [-0.25, -0.2) is 4.98 Å². The van der Waals surface area contributed by atoms with Gasteiger partial charge in [-0.1, -0.05) is 31.7 Å². The highest BCUT2D eigenvalue weighted by Crippen LogP contribution is 2.35. The number of fused-ring (bicyclic) bond motifs is 2. The van der Waals surface area contributed by atoms with Crippen LogP contribution >= 0.6 is 0 Å². The summed E-state index contributed by atoms with van der Waals surface area (Å²) in [5.74, 6) is 3.40. The summed E-state index contributed by atoms with van der Waals surface area (Å²) >= 11 is 0. The number of benzene rings is 2. The lowest BCUT2D eigenvalue weighted by Crippen LogP contribution is -2.37. The van der Waals surface area contributed by atoms with E-state index in [0.717, 1.165) is 72.0 Å². The Labute approximate surface area is 190 Å². The van der Waals surface area contributed by atoms with Gasteiger partial charge in [0.1, 0.15) is 5.82 Å². The number of nitrogens with one attached hydrogen (secondary N) is 2. The number of aromatic nitrogens is 2. The molecule has 5 rings (SSSR count). The van der Waals surface area contributed by atoms with Crippen molar-refractivity contribution in [2.75, 3.05) is 31.1 Å². The van der Waals surface area contributed by atoms with E-state index in [9.17, 15) is 0 Å². The first-order valence-electron chi connectivity index (χ1n) is 11.0. The Bertz CT molecular complexity index is 1060. The van der Waals surface area contributed by atoms with Crippen LogP contribution in [0.3, 0.4) is 0 Å². The average Bonchev–Trinajstić information content (AvgIpc) is 3.27. The second-order valence-corrected chi connectivity index (χ2v) is 8.51. The molecule has 0 saturated heterocycles. The molecular formula is C25H33N5O2. The number of para-hydroxylation sites is 2. The maximum absolute atomic E-state index is 5.62. The van der Waals surface area contributed by atoms with Gasteiger partial charge in [-0.3, -0.25) is 0 Å². The molecule has 1 aromatic heterocycles. The largest absolute Gasteiger partial charge is 0.454 e. The number of hydrogen-bond donors (Lipinski definition) is 2. The summed E-state index contributed by atoms with van der Waals surface area (Å²) in [6, 6.07) is 15.2. The summed E-state index contributed by atoms with van der Waals surface area (Å²) in [4.78, 5) is 11.6. The second-order valence-electron chi connectivity index (χ2n) is 8.51. The number of rotatable bonds is 6. The Balaban J connectivity index is 0.00000245. The topological polar surface area (TPSA) is 71.5 Å². The smallest absolute Gasteiger partial charge is 0.231 e. The molecule has 1 saturated carbocycles. The first-order valence-corrected chi connectivity index (χ1v) is 11.0. The SMILES string of the molecule is C.CN(C)c1nc(NC2CCC(NCc3cccc4c3OCO4)CC2)nc2ccccc12. The molecule has 0 unspecified atom stereocenters. The fraction of sp³-hybridized carbons (Fsp3) is 0.440. The zero-order valence-corrected chi connectivity index (χ0v) is 18.1. The van der Waals surface area contributed by atoms with Crippen molar-refractivity contribution in [3.63, 3.8) is 0 Å². The van der Waals surface area contributed by atoms with Gasteiger partial charge in [0.2, 0.25) is 12.7 Å². The van der Waals surface area contributed by atoms with E-state index in [1.165, 1.54) is 0 Å². The van der Waals surface area contributed by atoms with Crippen LogP contribution in [0.5, 0.6) is 11.5 Å². The van der Waals surface area contributed by atoms with Gasteiger partial charge >= 0.3 is 0 Å². The first kappa shape index (κ1) is 22.1. The summed E-state index contributed by atoms with van der Waals surface area (Å²) in [6.07, 6.45) is 4.44. The highest BCUT2D eigenvalue weighted by Gasteiger charge is 2.23. The van der Waals surface area contributed by atoms with Crippen molar-refractivity contribution in [3.05, 3.63) is 48.0 Å². The number of ether oxygens (including phenoxy) is 2. The lowest BCUT2D eigenvalue weighted by Gasteiger charge is -2.30. The lowest BCUT2D eigenvalue weighted by molar-refractivity contribution is 0.173. The van der Waals surface area contributed by atoms with E-state index in [-0.39, 0.29) is 7.43 Å². The highest BCUT2D eigenvalue weighted by atomic mass is 16.7. The molecule has 2 N–H and O–H groups in total. The van der Waals surface area contributed by atoms with Gasteiger partial charge in [0.25, 0.3) is 0 Å². The normalized spacial score (nSPS) is 19.4. The molecule has 170 valence electrons. The second kappa shape index (κ2) is 9.61. The van der Waals surface area contributed by atoms with Gasteiger partial charge in [0.15, 0.2) is 11.5 Å². The number of nitrogens with zero attached hydrogens (tertiary/aromatic N) is 3. The van der Waals surface area contributed by atoms with Crippen molar-refractivity contribution in [2.24, 2.45) is 0 Å². The van der Waals surface area contributed by atoms with Crippen molar-refractivity contribution < 1.29 is 9.47 Å². The zero-order chi connectivity index (χ0) is 21.2. The summed E-state index contributed by atoms with van der Waals surface area (Å²) in [5.41, 5.74) is 2.14. The fourth-order valence-corrected chi connectivity index (χ4v) is 4.47. The minimum Gasteiger partial charge on any atom is -0.454 e. The van der Waals surface area contributed by atoms with E-state index in [2.05, 4.69) is 22.8 Å². The predicted octanol–water partition coefficient (Wildman–Crippen LogP) is 4.57. The van der Waals surface area contributed by atoms with Crippen LogP contribution in [0, 0.1) is 0 Å². The number of hydrogen-bond acceptors (Lipinski definition) is 7. The molecule has 1 fully saturated rings. The van der Waals surface area contributed by atoms with E-state index < -0.39 is 0 Å². The minimum atomic E-state index is 0. The summed E-state index contributed by atoms with van der Waals surface area (Å²) in [6.45, 7) is 1.12. The van der Waals surface area contributed by atoms with Crippen LogP contribution in [0.25, 0.3) is 10.9 Å². The van der Waals surface area contributed by atoms with Crippen LogP contribution in [0.4, 0.5) is 11.8 Å². The Morgan fingerprint density at radius 3 is 2.53 bits per heavy atom. The Morgan fingerprint density at radius 1 is 0.938 bits per heavy atom. The maximum Gasteiger partial charge on any atom is 0.231 e. The van der Waals surface area contributed by atoms with Gasteiger partial charge in [0.05, 0.1) is 5.52 Å². The molecule has 7 nitrogen and oxygen atoms in total. The molecule has 3 aromatic rings. The van der Waals surface area contributed by atoms with Crippen LogP contribution in [0.2, 0.25) is 0 Å². The Morgan fingerprint density at radius 2 is 1.72 bits per heavy atom. The van der Waals surface area contributed by atoms with Crippen LogP contribution in [0.1, 0.15) is 38.7 Å². The van der Waals surface area contributed by atoms with Crippen molar-refractivity contribution >= 4 is 22.7 Å². The molecule has 0 radical (unpaired) electrons. The summed E-state index contributed by atoms with van der Waals surface area (Å²) < 4.78 is 11.1. The molecule has 0 atom stereocenters. The van der Waals surface area contributed by atoms with E-state index >= 15 is 0 Å². The zero-order valence-electron chi connectivity index (χ0n) is 18.1. The van der Waals surface area contributed by atoms with E-state index in [0.29, 0.717) is 18.9 Å². The van der Waals surface area contributed by atoms with E-state index in [4.69, 9.17) is 19.4 Å². The predicted molar refractivity (Wildman–Crippen MR) is 130 cm³/mol. The molecule has 2 heterocycles. The highest BCUT2D eigenvalue weighted by molar-refractivity contribution is 5.90. The minimum absolute atomic E-state index is 0. The van der Waals surface area contributed by atoms with E-state index in [1.54, 1.807) is 0 Å². The summed E-state index contributed by atoms with van der Waals surface area (Å²) in [7, 11) is 4.05. The van der Waals surface area contributed by atoms with E-state index in [1.807, 2.05) is 49.3 Å². The van der Waals surface area contributed by atoms with Crippen LogP contribution in [-0.2, 0) is 6.54 Å². The summed E-state index contributed by atoms with van der Waals surface area (Å²) in [5, 5.41) is 8.36. The third kappa shape index (κ3) is 4.58. The van der Waals surface area contributed by atoms with Gasteiger partial charge in [-0.2, -0.15) is 4.98 Å². The molecule has 0 amide bonds. The average molecular weight is 436 g/mol. The first-order chi connectivity index (χ1) is 15.2. The molecule has 2 aromatic carbocycles. The standard InChI is InChI=1S/C24H29N5O2.CH4/c1-29(2)23-19-7-3-4-8-20(19)27-24(28-23)26-18-12-10-17(11-13-18)25-14-16-6-5-9-21-22(16)31-15-30-21;/h3-9,17-18,25H,10-15H2,1-2H3,(H,26,27,28);1H4. The molecule has 1 aliphatic carbocycles. The molecular weight excluding hydrogens is 402 g/mol. The third-order valence-corrected chi connectivity index (χ3v) is 6.13. The van der Waals surface area contributed by atoms with Crippen LogP contribution in [0.15, 0.2) is 42.5 Å². The third-order valence-electron chi connectivity index (χ3n) is 6.13. The van der Waals surface area contributed by atoms with Crippen molar-refractivity contribution in [3.8, 4) is 11.5 Å². The molecule has 0 spiro atoms. The van der Waals surface area contributed by atoms with Crippen LogP contribution in [-0.4, -0.2) is 42.9 Å². The lowest BCUT2D eigenvalue weighted by atomic mass is 9.91. The molecule has 1 aliphatic heterocycles. The Kier molecular flexibility index (Phi) is 6.65.